The average Bonchev–Trinajstić information content (AvgIpc) is 4.13. The largest absolute Gasteiger partial charge is 0.427 e. The van der Waals surface area contributed by atoms with E-state index in [1.807, 2.05) is 0 Å². The summed E-state index contributed by atoms with van der Waals surface area (Å²) < 4.78 is 13.3. The summed E-state index contributed by atoms with van der Waals surface area (Å²) in [5, 5.41) is 38.8. The topological polar surface area (TPSA) is 175 Å². The molecule has 12 nitrogen and oxygen atoms in total. The zero-order chi connectivity index (χ0) is 46.9. The zero-order valence-electron chi connectivity index (χ0n) is 39.5. The lowest BCUT2D eigenvalue weighted by Gasteiger charge is -2.58. The van der Waals surface area contributed by atoms with Gasteiger partial charge in [0.1, 0.15) is 17.0 Å². The third-order valence-electron chi connectivity index (χ3n) is 19.0. The summed E-state index contributed by atoms with van der Waals surface area (Å²) >= 11 is 0. The Hall–Kier alpha value is -3.56. The van der Waals surface area contributed by atoms with Crippen molar-refractivity contribution in [1.29, 1.82) is 0 Å². The zero-order valence-corrected chi connectivity index (χ0v) is 41.1. The van der Waals surface area contributed by atoms with Crippen LogP contribution in [0.15, 0.2) is 81.2 Å². The van der Waals surface area contributed by atoms with Gasteiger partial charge in [-0.3, -0.25) is 14.5 Å². The van der Waals surface area contributed by atoms with E-state index >= 15 is 4.79 Å². The van der Waals surface area contributed by atoms with E-state index in [1.165, 1.54) is 46.3 Å². The van der Waals surface area contributed by atoms with Gasteiger partial charge in [0, 0.05) is 67.4 Å². The Kier molecular flexibility index (Phi) is 13.0. The second-order valence-electron chi connectivity index (χ2n) is 22.0. The maximum absolute atomic E-state index is 15.2. The van der Waals surface area contributed by atoms with Crippen LogP contribution >= 0.6 is 21.6 Å². The molecule has 0 aromatic carbocycles. The molecule has 12 rings (SSSR count). The van der Waals surface area contributed by atoms with Crippen LogP contribution in [0, 0.1) is 64.1 Å². The Morgan fingerprint density at radius 2 is 1.71 bits per heavy atom. The number of esters is 2. The van der Waals surface area contributed by atoms with Crippen molar-refractivity contribution in [3.63, 3.8) is 0 Å². The summed E-state index contributed by atoms with van der Waals surface area (Å²) in [6.07, 6.45) is 25.6. The quantitative estimate of drug-likeness (QED) is 0.0766. The normalized spacial score (nSPS) is 36.7. The number of fused-ring (bicyclic) bond motifs is 2. The van der Waals surface area contributed by atoms with Gasteiger partial charge in [-0.1, -0.05) is 60.3 Å². The Morgan fingerprint density at radius 1 is 0.912 bits per heavy atom. The van der Waals surface area contributed by atoms with Crippen molar-refractivity contribution in [3.8, 4) is 0 Å². The predicted molar refractivity (Wildman–Crippen MR) is 260 cm³/mol. The van der Waals surface area contributed by atoms with Gasteiger partial charge in [0.15, 0.2) is 0 Å². The van der Waals surface area contributed by atoms with E-state index in [1.54, 1.807) is 10.8 Å². The van der Waals surface area contributed by atoms with E-state index in [4.69, 9.17) is 9.47 Å². The van der Waals surface area contributed by atoms with Crippen LogP contribution in [-0.2, 0) is 28.7 Å². The molecule has 5 heterocycles. The molecule has 0 aromatic rings. The molecule has 1 spiro atoms. The molecular formula is C54H69N3O9S2. The van der Waals surface area contributed by atoms with Crippen molar-refractivity contribution < 1.29 is 44.0 Å². The number of aliphatic hydroxyl groups excluding tert-OH is 3. The predicted octanol–water partition coefficient (Wildman–Crippen LogP) is 8.01. The number of nitrogens with zero attached hydrogens (tertiary/aromatic N) is 1. The fourth-order valence-electron chi connectivity index (χ4n) is 15.9. The van der Waals surface area contributed by atoms with Gasteiger partial charge in [0.05, 0.1) is 22.7 Å². The molecule has 2 amide bonds. The maximum atomic E-state index is 15.2. The molecule has 366 valence electrons. The first kappa shape index (κ1) is 46.8. The van der Waals surface area contributed by atoms with Gasteiger partial charge in [-0.25, -0.2) is 9.59 Å². The van der Waals surface area contributed by atoms with Crippen LogP contribution in [0.25, 0.3) is 0 Å². The van der Waals surface area contributed by atoms with Crippen LogP contribution in [0.4, 0.5) is 0 Å². The average molecular weight is 968 g/mol. The summed E-state index contributed by atoms with van der Waals surface area (Å²) in [4.78, 5) is 58.4. The number of carbonyl (C=O) groups is 4. The first-order chi connectivity index (χ1) is 33.1. The summed E-state index contributed by atoms with van der Waals surface area (Å²) in [6, 6.07) is 0. The highest BCUT2D eigenvalue weighted by molar-refractivity contribution is 8.76. The smallest absolute Gasteiger partial charge is 0.340 e. The van der Waals surface area contributed by atoms with Gasteiger partial charge in [-0.2, -0.15) is 0 Å². The lowest BCUT2D eigenvalue weighted by atomic mass is 9.42. The molecule has 7 bridgehead atoms. The number of dihydropyridines is 1. The van der Waals surface area contributed by atoms with Gasteiger partial charge >= 0.3 is 11.9 Å². The number of hydrogen-bond donors (Lipinski definition) is 5. The van der Waals surface area contributed by atoms with Crippen molar-refractivity contribution in [2.75, 3.05) is 32.2 Å². The summed E-state index contributed by atoms with van der Waals surface area (Å²) in [6.45, 7) is 3.15. The van der Waals surface area contributed by atoms with Crippen LogP contribution in [0.5, 0.6) is 0 Å². The van der Waals surface area contributed by atoms with Crippen LogP contribution in [0.3, 0.4) is 0 Å². The molecule has 3 saturated carbocycles. The highest BCUT2D eigenvalue weighted by Gasteiger charge is 2.70. The first-order valence-corrected chi connectivity index (χ1v) is 28.5. The lowest BCUT2D eigenvalue weighted by molar-refractivity contribution is -0.138. The van der Waals surface area contributed by atoms with Crippen LogP contribution in [0.1, 0.15) is 122 Å². The van der Waals surface area contributed by atoms with Crippen molar-refractivity contribution in [3.05, 3.63) is 81.2 Å². The summed E-state index contributed by atoms with van der Waals surface area (Å²) in [7, 11) is 3.04. The van der Waals surface area contributed by atoms with E-state index in [2.05, 4.69) is 35.8 Å². The monoisotopic (exact) mass is 967 g/mol. The number of aliphatic hydroxyl groups is 3. The minimum Gasteiger partial charge on any atom is -0.427 e. The minimum absolute atomic E-state index is 0.00124. The molecule has 4 fully saturated rings. The lowest BCUT2D eigenvalue weighted by Crippen LogP contribution is -2.55. The van der Waals surface area contributed by atoms with Gasteiger partial charge in [-0.05, 0) is 160 Å². The number of allylic oxidation sites excluding steroid dienone is 5. The first-order valence-electron chi connectivity index (χ1n) is 26.1. The van der Waals surface area contributed by atoms with Gasteiger partial charge in [0.25, 0.3) is 11.8 Å². The Labute approximate surface area is 408 Å². The molecule has 5 aliphatic heterocycles. The molecule has 68 heavy (non-hydrogen) atoms. The third-order valence-corrected chi connectivity index (χ3v) is 21.3. The van der Waals surface area contributed by atoms with E-state index in [9.17, 15) is 29.7 Å². The fourth-order valence-corrected chi connectivity index (χ4v) is 18.0. The number of hydrogen-bond acceptors (Lipinski definition) is 13. The van der Waals surface area contributed by atoms with Crippen LogP contribution in [0.2, 0.25) is 0 Å². The molecule has 0 radical (unpaired) electrons. The van der Waals surface area contributed by atoms with Gasteiger partial charge in [-0.15, -0.1) is 0 Å². The highest BCUT2D eigenvalue weighted by Crippen LogP contribution is 2.73. The molecule has 9 unspecified atom stereocenters. The molecule has 5 N–H and O–H groups in total. The molecule has 9 atom stereocenters. The SMILES string of the molecule is CCC1(C2=C3OC(=O)C4=C3C(CC2)CC2C3CCC5(C6=CCC(C7CCC(CC(CO)CCCO)CC7)C(O)SSCNC7=CC(=CCN7)C(CN7C(=O)C=CC7=O)C3=C5C(=O)O6)C42)CCCC1. The van der Waals surface area contributed by atoms with Crippen LogP contribution < -0.4 is 10.6 Å². The molecule has 14 heteroatoms. The number of rotatable bonds is 11. The minimum atomic E-state index is -0.963. The van der Waals surface area contributed by atoms with Crippen molar-refractivity contribution in [2.45, 2.75) is 128 Å². The second kappa shape index (κ2) is 18.9. The Balaban J connectivity index is 1.05. The molecule has 7 aliphatic carbocycles. The summed E-state index contributed by atoms with van der Waals surface area (Å²) in [5.74, 6) is 1.35. The number of nitrogens with one attached hydrogen (secondary N) is 2. The molecule has 12 aliphatic rings. The number of carbonyl (C=O) groups excluding carboxylic acids is 4. The van der Waals surface area contributed by atoms with Gasteiger partial charge in [0.2, 0.25) is 0 Å². The van der Waals surface area contributed by atoms with Crippen LogP contribution in [-0.4, -0.2) is 81.6 Å². The highest BCUT2D eigenvalue weighted by atomic mass is 33.1. The number of imide groups is 1. The van der Waals surface area contributed by atoms with Crippen molar-refractivity contribution in [2.24, 2.45) is 64.1 Å². The van der Waals surface area contributed by atoms with Crippen molar-refractivity contribution >= 4 is 45.3 Å². The molecule has 1 saturated heterocycles. The maximum Gasteiger partial charge on any atom is 0.340 e. The van der Waals surface area contributed by atoms with E-state index < -0.39 is 22.7 Å². The number of amides is 2. The molecule has 0 aromatic heterocycles. The van der Waals surface area contributed by atoms with Crippen molar-refractivity contribution in [1.82, 2.24) is 15.5 Å². The third kappa shape index (κ3) is 7.75. The Morgan fingerprint density at radius 3 is 2.46 bits per heavy atom. The number of ether oxygens (including phenoxy) is 2. The Bertz CT molecular complexity index is 2310. The fraction of sp³-hybridized carbons (Fsp3) is 0.667. The standard InChI is InChI=1S/C54H69N3O9S2/c1-2-53(19-3-4-20-53)39-13-11-34-25-37-36-17-21-54(47(37)46-44(34)49(39)66-50(46)62)40-14-12-35(32-9-7-30(8-10-32)24-31(28-59)6-5-23-58)52(64)68-67-29-56-41-26-33(18-22-55-41)38(45(36)48(54)51(63)65-40)27-57-42(60)15-16-43(57)61/h14-16,18,26,30-32,34-38,47,52,55-56,58-59,64H,2-13,17,19-25,27-29H2,1H3. The van der Waals surface area contributed by atoms with Gasteiger partial charge < -0.3 is 35.4 Å². The second-order valence-corrected chi connectivity index (χ2v) is 24.4. The van der Waals surface area contributed by atoms with E-state index in [-0.39, 0.29) is 84.4 Å². The van der Waals surface area contributed by atoms with E-state index in [0.29, 0.717) is 48.9 Å². The van der Waals surface area contributed by atoms with E-state index in [0.717, 1.165) is 117 Å². The summed E-state index contributed by atoms with van der Waals surface area (Å²) in [5.41, 5.74) is 4.04. The molecular weight excluding hydrogens is 899 g/mol.